The topological polar surface area (TPSA) is 67.4 Å². The molecule has 0 radical (unpaired) electrons. The van der Waals surface area contributed by atoms with Gasteiger partial charge < -0.3 is 10.1 Å². The van der Waals surface area contributed by atoms with Crippen LogP contribution in [0.2, 0.25) is 0 Å². The minimum atomic E-state index is -0.0955. The van der Waals surface area contributed by atoms with E-state index < -0.39 is 0 Å². The molecule has 0 spiro atoms. The normalized spacial score (nSPS) is 14.2. The van der Waals surface area contributed by atoms with Crippen LogP contribution in [0.1, 0.15) is 21.5 Å². The number of hydrogen-bond donors (Lipinski definition) is 1. The van der Waals surface area contributed by atoms with E-state index in [0.717, 1.165) is 66.4 Å². The zero-order valence-corrected chi connectivity index (χ0v) is 20.3. The van der Waals surface area contributed by atoms with Gasteiger partial charge in [-0.15, -0.1) is 0 Å². The van der Waals surface area contributed by atoms with Crippen molar-refractivity contribution in [3.8, 4) is 22.5 Å². The van der Waals surface area contributed by atoms with Crippen LogP contribution in [0.5, 0.6) is 0 Å². The molecule has 6 heteroatoms. The van der Waals surface area contributed by atoms with Crippen molar-refractivity contribution in [3.63, 3.8) is 0 Å². The van der Waals surface area contributed by atoms with E-state index >= 15 is 0 Å². The predicted octanol–water partition coefficient (Wildman–Crippen LogP) is 4.64. The molecule has 0 saturated carbocycles. The molecule has 1 aliphatic rings. The summed E-state index contributed by atoms with van der Waals surface area (Å²) in [6, 6.07) is 22.2. The highest BCUT2D eigenvalue weighted by molar-refractivity contribution is 5.98. The molecule has 1 aliphatic heterocycles. The first-order chi connectivity index (χ1) is 17.1. The quantitative estimate of drug-likeness (QED) is 0.448. The monoisotopic (exact) mass is 466 g/mol. The maximum atomic E-state index is 12.9. The Morgan fingerprint density at radius 1 is 0.857 bits per heavy atom. The average Bonchev–Trinajstić information content (AvgIpc) is 2.88. The zero-order valence-electron chi connectivity index (χ0n) is 20.3. The predicted molar refractivity (Wildman–Crippen MR) is 139 cm³/mol. The molecular formula is C29H30N4O2. The fourth-order valence-corrected chi connectivity index (χ4v) is 4.44. The van der Waals surface area contributed by atoms with Crippen LogP contribution >= 0.6 is 0 Å². The van der Waals surface area contributed by atoms with Gasteiger partial charge in [-0.2, -0.15) is 0 Å². The number of benzene rings is 3. The maximum Gasteiger partial charge on any atom is 0.251 e. The Morgan fingerprint density at radius 3 is 2.11 bits per heavy atom. The van der Waals surface area contributed by atoms with Crippen LogP contribution in [-0.2, 0) is 4.74 Å². The fraction of sp³-hybridized carbons (Fsp3) is 0.276. The van der Waals surface area contributed by atoms with Crippen LogP contribution in [0.15, 0.2) is 66.7 Å². The molecule has 1 saturated heterocycles. The second kappa shape index (κ2) is 10.3. The summed E-state index contributed by atoms with van der Waals surface area (Å²) < 4.78 is 5.39. The number of carbonyl (C=O) groups excluding carboxylic acids is 1. The summed E-state index contributed by atoms with van der Waals surface area (Å²) in [4.78, 5) is 25.2. The highest BCUT2D eigenvalue weighted by atomic mass is 16.5. The Kier molecular flexibility index (Phi) is 6.84. The molecule has 3 aromatic carbocycles. The van der Waals surface area contributed by atoms with Crippen LogP contribution < -0.4 is 5.32 Å². The van der Waals surface area contributed by atoms with E-state index in [4.69, 9.17) is 14.7 Å². The van der Waals surface area contributed by atoms with Gasteiger partial charge >= 0.3 is 0 Å². The summed E-state index contributed by atoms with van der Waals surface area (Å²) in [5.74, 6) is -0.0955. The molecule has 178 valence electrons. The number of aromatic nitrogens is 2. The second-order valence-corrected chi connectivity index (χ2v) is 9.07. The number of rotatable bonds is 6. The maximum absolute atomic E-state index is 12.9. The summed E-state index contributed by atoms with van der Waals surface area (Å²) in [5.41, 5.74) is 8.09. The van der Waals surface area contributed by atoms with Crippen molar-refractivity contribution < 1.29 is 9.53 Å². The van der Waals surface area contributed by atoms with Crippen LogP contribution in [0.3, 0.4) is 0 Å². The third kappa shape index (κ3) is 5.39. The molecule has 0 bridgehead atoms. The number of amides is 1. The van der Waals surface area contributed by atoms with Gasteiger partial charge in [-0.05, 0) is 44.2 Å². The molecule has 35 heavy (non-hydrogen) atoms. The van der Waals surface area contributed by atoms with E-state index in [1.54, 1.807) is 0 Å². The Balaban J connectivity index is 1.47. The average molecular weight is 467 g/mol. The van der Waals surface area contributed by atoms with E-state index in [-0.39, 0.29) is 5.91 Å². The summed E-state index contributed by atoms with van der Waals surface area (Å²) >= 11 is 0. The van der Waals surface area contributed by atoms with Gasteiger partial charge in [0.1, 0.15) is 0 Å². The number of nitrogens with zero attached hydrogens (tertiary/aromatic N) is 3. The summed E-state index contributed by atoms with van der Waals surface area (Å²) in [6.45, 7) is 8.90. The Hall–Kier alpha value is -3.61. The molecule has 1 amide bonds. The van der Waals surface area contributed by atoms with Gasteiger partial charge in [0.15, 0.2) is 0 Å². The molecule has 1 fully saturated rings. The molecular weight excluding hydrogens is 436 g/mol. The van der Waals surface area contributed by atoms with E-state index in [9.17, 15) is 4.79 Å². The summed E-state index contributed by atoms with van der Waals surface area (Å²) in [6.07, 6.45) is 0. The first-order valence-corrected chi connectivity index (χ1v) is 12.1. The molecule has 0 unspecified atom stereocenters. The minimum Gasteiger partial charge on any atom is -0.379 e. The molecule has 1 N–H and O–H groups in total. The van der Waals surface area contributed by atoms with Crippen molar-refractivity contribution in [2.45, 2.75) is 13.8 Å². The van der Waals surface area contributed by atoms with Crippen molar-refractivity contribution in [1.29, 1.82) is 0 Å². The van der Waals surface area contributed by atoms with E-state index in [0.29, 0.717) is 17.6 Å². The number of carbonyl (C=O) groups is 1. The van der Waals surface area contributed by atoms with Crippen molar-refractivity contribution in [3.05, 3.63) is 83.4 Å². The third-order valence-corrected chi connectivity index (χ3v) is 6.33. The van der Waals surface area contributed by atoms with E-state index in [2.05, 4.69) is 60.5 Å². The van der Waals surface area contributed by atoms with Gasteiger partial charge in [-0.1, -0.05) is 47.5 Å². The lowest BCUT2D eigenvalue weighted by Gasteiger charge is -2.26. The lowest BCUT2D eigenvalue weighted by Crippen LogP contribution is -2.41. The molecule has 1 aromatic heterocycles. The lowest BCUT2D eigenvalue weighted by atomic mass is 10.0. The van der Waals surface area contributed by atoms with Gasteiger partial charge in [-0.25, -0.2) is 9.97 Å². The Labute approximate surface area is 206 Å². The first-order valence-electron chi connectivity index (χ1n) is 12.1. The van der Waals surface area contributed by atoms with Crippen LogP contribution in [0, 0.1) is 13.8 Å². The van der Waals surface area contributed by atoms with Crippen molar-refractivity contribution in [1.82, 2.24) is 20.2 Å². The number of nitrogens with one attached hydrogen (secondary N) is 1. The van der Waals surface area contributed by atoms with Crippen molar-refractivity contribution >= 4 is 16.9 Å². The van der Waals surface area contributed by atoms with Gasteiger partial charge in [-0.3, -0.25) is 9.69 Å². The minimum absolute atomic E-state index is 0.0955. The second-order valence-electron chi connectivity index (χ2n) is 9.07. The summed E-state index contributed by atoms with van der Waals surface area (Å²) in [7, 11) is 0. The molecule has 0 aliphatic carbocycles. The smallest absolute Gasteiger partial charge is 0.251 e. The van der Waals surface area contributed by atoms with Crippen molar-refractivity contribution in [2.75, 3.05) is 39.4 Å². The van der Waals surface area contributed by atoms with Crippen LogP contribution in [-0.4, -0.2) is 60.2 Å². The third-order valence-electron chi connectivity index (χ3n) is 6.33. The van der Waals surface area contributed by atoms with E-state index in [1.165, 1.54) is 5.56 Å². The number of fused-ring (bicyclic) bond motifs is 1. The van der Waals surface area contributed by atoms with Gasteiger partial charge in [0.25, 0.3) is 5.91 Å². The largest absolute Gasteiger partial charge is 0.379 e. The number of ether oxygens (including phenoxy) is 1. The highest BCUT2D eigenvalue weighted by Gasteiger charge is 2.16. The van der Waals surface area contributed by atoms with E-state index in [1.807, 2.05) is 30.3 Å². The number of hydrogen-bond acceptors (Lipinski definition) is 5. The molecule has 0 atom stereocenters. The van der Waals surface area contributed by atoms with Crippen LogP contribution in [0.4, 0.5) is 0 Å². The van der Waals surface area contributed by atoms with Gasteiger partial charge in [0.2, 0.25) is 0 Å². The fourth-order valence-electron chi connectivity index (χ4n) is 4.44. The standard InChI is InChI=1S/C29H30N4O2/c1-20-5-3-7-22(17-20)27-28(23-8-4-6-21(2)18-23)32-26-19-24(9-10-25(26)31-27)29(34)30-11-12-33-13-15-35-16-14-33/h3-10,17-19H,11-16H2,1-2H3,(H,30,34). The zero-order chi connectivity index (χ0) is 24.2. The summed E-state index contributed by atoms with van der Waals surface area (Å²) in [5, 5.41) is 3.04. The number of aryl methyl sites for hydroxylation is 2. The van der Waals surface area contributed by atoms with Gasteiger partial charge in [0.05, 0.1) is 35.6 Å². The molecule has 6 nitrogen and oxygen atoms in total. The first kappa shape index (κ1) is 23.1. The highest BCUT2D eigenvalue weighted by Crippen LogP contribution is 2.32. The van der Waals surface area contributed by atoms with Gasteiger partial charge in [0, 0.05) is 42.9 Å². The Morgan fingerprint density at radius 2 is 1.49 bits per heavy atom. The molecule has 2 heterocycles. The Bertz CT molecular complexity index is 1360. The number of morpholine rings is 1. The molecule has 4 aromatic rings. The molecule has 5 rings (SSSR count). The lowest BCUT2D eigenvalue weighted by molar-refractivity contribution is 0.0383. The van der Waals surface area contributed by atoms with Crippen LogP contribution in [0.25, 0.3) is 33.5 Å². The van der Waals surface area contributed by atoms with Crippen molar-refractivity contribution in [2.24, 2.45) is 0 Å². The SMILES string of the molecule is Cc1cccc(-c2nc3ccc(C(=O)NCCN4CCOCC4)cc3nc2-c2cccc(C)c2)c1.